The quantitative estimate of drug-likeness (QED) is 0.512. The van der Waals surface area contributed by atoms with Gasteiger partial charge in [0.25, 0.3) is 11.6 Å². The van der Waals surface area contributed by atoms with Crippen molar-refractivity contribution in [3.8, 4) is 0 Å². The van der Waals surface area contributed by atoms with E-state index in [-0.39, 0.29) is 28.9 Å². The molecule has 142 valence electrons. The number of nitro benzene ring substituents is 1. The van der Waals surface area contributed by atoms with Gasteiger partial charge in [-0.3, -0.25) is 19.7 Å². The van der Waals surface area contributed by atoms with E-state index in [1.165, 1.54) is 18.2 Å². The van der Waals surface area contributed by atoms with Crippen molar-refractivity contribution in [1.82, 2.24) is 5.32 Å². The van der Waals surface area contributed by atoms with E-state index < -0.39 is 16.9 Å². The van der Waals surface area contributed by atoms with Crippen molar-refractivity contribution in [2.24, 2.45) is 0 Å². The first kappa shape index (κ1) is 19.9. The van der Waals surface area contributed by atoms with E-state index in [0.717, 1.165) is 0 Å². The fourth-order valence-electron chi connectivity index (χ4n) is 2.36. The number of carbonyl (C=O) groups excluding carboxylic acids is 2. The highest BCUT2D eigenvalue weighted by Crippen LogP contribution is 2.26. The summed E-state index contributed by atoms with van der Waals surface area (Å²) < 4.78 is 0. The van der Waals surface area contributed by atoms with Crippen LogP contribution in [0.15, 0.2) is 48.5 Å². The van der Waals surface area contributed by atoms with E-state index in [0.29, 0.717) is 5.69 Å². The fraction of sp³-hybridized carbons (Fsp3) is 0.263. The number of nitrogens with zero attached hydrogens (tertiary/aromatic N) is 1. The molecule has 0 spiro atoms. The predicted octanol–water partition coefficient (Wildman–Crippen LogP) is 3.17. The maximum Gasteiger partial charge on any atom is 0.293 e. The predicted molar refractivity (Wildman–Crippen MR) is 104 cm³/mol. The molecule has 8 heteroatoms. The summed E-state index contributed by atoms with van der Waals surface area (Å²) in [5.74, 6) is -0.730. The molecular formula is C19H22N4O4. The summed E-state index contributed by atoms with van der Waals surface area (Å²) in [5.41, 5.74) is 0.705. The summed E-state index contributed by atoms with van der Waals surface area (Å²) >= 11 is 0. The van der Waals surface area contributed by atoms with Gasteiger partial charge in [0, 0.05) is 23.4 Å². The molecule has 3 N–H and O–H groups in total. The molecule has 2 amide bonds. The number of anilines is 2. The van der Waals surface area contributed by atoms with Gasteiger partial charge in [-0.15, -0.1) is 0 Å². The Morgan fingerprint density at radius 3 is 2.30 bits per heavy atom. The summed E-state index contributed by atoms with van der Waals surface area (Å²) in [6.45, 7) is 5.20. The molecular weight excluding hydrogens is 348 g/mol. The summed E-state index contributed by atoms with van der Waals surface area (Å²) in [6, 6.07) is 12.2. The molecule has 0 aliphatic carbocycles. The van der Waals surface area contributed by atoms with Crippen molar-refractivity contribution in [1.29, 1.82) is 0 Å². The molecule has 0 saturated heterocycles. The number of benzene rings is 2. The zero-order valence-corrected chi connectivity index (χ0v) is 15.4. The van der Waals surface area contributed by atoms with Crippen LogP contribution >= 0.6 is 0 Å². The number of nitrogens with one attached hydrogen (secondary N) is 3. The lowest BCUT2D eigenvalue weighted by Gasteiger charge is -2.16. The zero-order chi connectivity index (χ0) is 20.0. The molecule has 27 heavy (non-hydrogen) atoms. The molecule has 0 aliphatic rings. The third-order valence-corrected chi connectivity index (χ3v) is 3.68. The summed E-state index contributed by atoms with van der Waals surface area (Å²) in [5, 5.41) is 19.6. The van der Waals surface area contributed by atoms with Crippen molar-refractivity contribution in [2.45, 2.75) is 32.9 Å². The lowest BCUT2D eigenvalue weighted by Crippen LogP contribution is -2.32. The van der Waals surface area contributed by atoms with E-state index in [4.69, 9.17) is 0 Å². The fourth-order valence-corrected chi connectivity index (χ4v) is 2.36. The second kappa shape index (κ2) is 8.79. The minimum Gasteiger partial charge on any atom is -0.368 e. The van der Waals surface area contributed by atoms with Crippen molar-refractivity contribution >= 4 is 28.9 Å². The van der Waals surface area contributed by atoms with Crippen LogP contribution in [0.25, 0.3) is 0 Å². The average Bonchev–Trinajstić information content (AvgIpc) is 2.62. The van der Waals surface area contributed by atoms with Gasteiger partial charge in [0.1, 0.15) is 11.7 Å². The minimum atomic E-state index is -0.723. The second-order valence-electron chi connectivity index (χ2n) is 6.34. The van der Waals surface area contributed by atoms with Gasteiger partial charge in [-0.25, -0.2) is 0 Å². The smallest absolute Gasteiger partial charge is 0.293 e. The van der Waals surface area contributed by atoms with Crippen LogP contribution in [0.2, 0.25) is 0 Å². The number of hydrogen-bond acceptors (Lipinski definition) is 5. The van der Waals surface area contributed by atoms with Crippen molar-refractivity contribution < 1.29 is 14.5 Å². The maximum atomic E-state index is 12.3. The van der Waals surface area contributed by atoms with Gasteiger partial charge < -0.3 is 16.0 Å². The Hall–Kier alpha value is -3.42. The molecule has 0 aliphatic heterocycles. The van der Waals surface area contributed by atoms with E-state index >= 15 is 0 Å². The molecule has 0 radical (unpaired) electrons. The minimum absolute atomic E-state index is 0.0870. The Morgan fingerprint density at radius 1 is 1.04 bits per heavy atom. The Morgan fingerprint density at radius 2 is 1.70 bits per heavy atom. The van der Waals surface area contributed by atoms with Crippen LogP contribution in [0.3, 0.4) is 0 Å². The SMILES string of the molecule is CC(C)NC(=O)c1ccc(NC(C)C(=O)Nc2ccccc2)c([N+](=O)[O-])c1. The van der Waals surface area contributed by atoms with Gasteiger partial charge in [-0.1, -0.05) is 18.2 Å². The van der Waals surface area contributed by atoms with Gasteiger partial charge >= 0.3 is 0 Å². The molecule has 8 nitrogen and oxygen atoms in total. The van der Waals surface area contributed by atoms with E-state index in [9.17, 15) is 19.7 Å². The Labute approximate surface area is 157 Å². The van der Waals surface area contributed by atoms with Gasteiger partial charge in [-0.2, -0.15) is 0 Å². The Bertz CT molecular complexity index is 837. The van der Waals surface area contributed by atoms with Gasteiger partial charge in [0.2, 0.25) is 5.91 Å². The molecule has 1 unspecified atom stereocenters. The first-order valence-corrected chi connectivity index (χ1v) is 8.49. The third-order valence-electron chi connectivity index (χ3n) is 3.68. The molecule has 0 aromatic heterocycles. The highest BCUT2D eigenvalue weighted by atomic mass is 16.6. The monoisotopic (exact) mass is 370 g/mol. The lowest BCUT2D eigenvalue weighted by atomic mass is 10.1. The largest absolute Gasteiger partial charge is 0.368 e. The molecule has 0 fully saturated rings. The number of para-hydroxylation sites is 1. The molecule has 2 aromatic carbocycles. The Kier molecular flexibility index (Phi) is 6.48. The van der Waals surface area contributed by atoms with Gasteiger partial charge in [0.15, 0.2) is 0 Å². The van der Waals surface area contributed by atoms with Crippen LogP contribution in [0.1, 0.15) is 31.1 Å². The summed E-state index contributed by atoms with van der Waals surface area (Å²) in [4.78, 5) is 35.2. The third kappa shape index (κ3) is 5.53. The normalized spacial score (nSPS) is 11.6. The lowest BCUT2D eigenvalue weighted by molar-refractivity contribution is -0.384. The topological polar surface area (TPSA) is 113 Å². The molecule has 0 bridgehead atoms. The highest BCUT2D eigenvalue weighted by molar-refractivity contribution is 5.98. The second-order valence-corrected chi connectivity index (χ2v) is 6.34. The standard InChI is InChI=1S/C19H22N4O4/c1-12(2)20-19(25)14-9-10-16(17(11-14)23(26)27)21-13(3)18(24)22-15-7-5-4-6-8-15/h4-13,21H,1-3H3,(H,20,25)(H,22,24). The number of carbonyl (C=O) groups is 2. The summed E-state index contributed by atoms with van der Waals surface area (Å²) in [7, 11) is 0. The number of amides is 2. The average molecular weight is 370 g/mol. The van der Waals surface area contributed by atoms with Crippen LogP contribution in [0, 0.1) is 10.1 Å². The number of nitro groups is 1. The number of rotatable bonds is 7. The van der Waals surface area contributed by atoms with E-state index in [2.05, 4.69) is 16.0 Å². The molecule has 0 heterocycles. The number of hydrogen-bond donors (Lipinski definition) is 3. The summed E-state index contributed by atoms with van der Waals surface area (Å²) in [6.07, 6.45) is 0. The van der Waals surface area contributed by atoms with Crippen LogP contribution in [-0.4, -0.2) is 28.8 Å². The van der Waals surface area contributed by atoms with Crippen molar-refractivity contribution in [2.75, 3.05) is 10.6 Å². The first-order valence-electron chi connectivity index (χ1n) is 8.49. The molecule has 1 atom stereocenters. The zero-order valence-electron chi connectivity index (χ0n) is 15.4. The van der Waals surface area contributed by atoms with Crippen LogP contribution in [0.5, 0.6) is 0 Å². The van der Waals surface area contributed by atoms with E-state index in [1.807, 2.05) is 6.07 Å². The maximum absolute atomic E-state index is 12.3. The van der Waals surface area contributed by atoms with Crippen LogP contribution in [0.4, 0.5) is 17.1 Å². The van der Waals surface area contributed by atoms with Crippen LogP contribution in [-0.2, 0) is 4.79 Å². The van der Waals surface area contributed by atoms with E-state index in [1.54, 1.807) is 45.0 Å². The van der Waals surface area contributed by atoms with Crippen LogP contribution < -0.4 is 16.0 Å². The van der Waals surface area contributed by atoms with Gasteiger partial charge in [0.05, 0.1) is 4.92 Å². The van der Waals surface area contributed by atoms with Crippen molar-refractivity contribution in [3.63, 3.8) is 0 Å². The highest BCUT2D eigenvalue weighted by Gasteiger charge is 2.21. The first-order chi connectivity index (χ1) is 12.8. The molecule has 0 saturated carbocycles. The van der Waals surface area contributed by atoms with Gasteiger partial charge in [-0.05, 0) is 45.0 Å². The molecule has 2 rings (SSSR count). The Balaban J connectivity index is 2.15. The van der Waals surface area contributed by atoms with Crippen molar-refractivity contribution in [3.05, 3.63) is 64.2 Å². The molecule has 2 aromatic rings.